The van der Waals surface area contributed by atoms with Gasteiger partial charge in [0.15, 0.2) is 0 Å². The standard InChI is InChI=1S/C16H14.H2O/c1-3-13-5-9-15(10-6-13)16-11-7-14(4-2)8-12-16;/h3-12H,1-2H2;1H2. The quantitative estimate of drug-likeness (QED) is 0.759. The van der Waals surface area contributed by atoms with Gasteiger partial charge < -0.3 is 5.48 Å². The van der Waals surface area contributed by atoms with E-state index in [1.54, 1.807) is 0 Å². The maximum absolute atomic E-state index is 3.74. The van der Waals surface area contributed by atoms with E-state index in [2.05, 4.69) is 61.7 Å². The molecule has 0 saturated carbocycles. The normalized spacial score (nSPS) is 9.18. The Morgan fingerprint density at radius 2 is 0.882 bits per heavy atom. The third-order valence-electron chi connectivity index (χ3n) is 2.63. The van der Waals surface area contributed by atoms with Crippen molar-refractivity contribution >= 4 is 12.2 Å². The molecule has 2 N–H and O–H groups in total. The highest BCUT2D eigenvalue weighted by Crippen LogP contribution is 2.20. The zero-order valence-corrected chi connectivity index (χ0v) is 9.69. The molecule has 0 radical (unpaired) electrons. The third-order valence-corrected chi connectivity index (χ3v) is 2.63. The van der Waals surface area contributed by atoms with Crippen LogP contribution in [0.5, 0.6) is 0 Å². The lowest BCUT2D eigenvalue weighted by Crippen LogP contribution is -1.79. The summed E-state index contributed by atoms with van der Waals surface area (Å²) in [4.78, 5) is 0. The summed E-state index contributed by atoms with van der Waals surface area (Å²) in [6.07, 6.45) is 3.70. The smallest absolute Gasteiger partial charge is 0.0184 e. The van der Waals surface area contributed by atoms with Crippen LogP contribution >= 0.6 is 0 Å². The molecule has 0 bridgehead atoms. The van der Waals surface area contributed by atoms with Gasteiger partial charge in [-0.05, 0) is 22.3 Å². The van der Waals surface area contributed by atoms with E-state index in [9.17, 15) is 0 Å². The number of hydrogen-bond acceptors (Lipinski definition) is 0. The minimum absolute atomic E-state index is 0. The molecule has 2 aromatic carbocycles. The van der Waals surface area contributed by atoms with Gasteiger partial charge in [-0.2, -0.15) is 0 Å². The van der Waals surface area contributed by atoms with Crippen LogP contribution in [0.2, 0.25) is 0 Å². The van der Waals surface area contributed by atoms with Crippen molar-refractivity contribution < 1.29 is 5.48 Å². The second-order valence-corrected chi connectivity index (χ2v) is 3.65. The average Bonchev–Trinajstić information content (AvgIpc) is 2.39. The first-order valence-electron chi connectivity index (χ1n) is 5.29. The summed E-state index contributed by atoms with van der Waals surface area (Å²) in [5, 5.41) is 0. The Morgan fingerprint density at radius 3 is 1.12 bits per heavy atom. The van der Waals surface area contributed by atoms with Gasteiger partial charge in [0, 0.05) is 0 Å². The van der Waals surface area contributed by atoms with Gasteiger partial charge in [0.05, 0.1) is 0 Å². The van der Waals surface area contributed by atoms with Crippen LogP contribution in [0.3, 0.4) is 0 Å². The molecular formula is C16H16O. The van der Waals surface area contributed by atoms with Gasteiger partial charge in [-0.3, -0.25) is 0 Å². The van der Waals surface area contributed by atoms with Crippen LogP contribution in [-0.4, -0.2) is 5.48 Å². The Labute approximate surface area is 102 Å². The van der Waals surface area contributed by atoms with Crippen LogP contribution in [-0.2, 0) is 0 Å². The average molecular weight is 224 g/mol. The second kappa shape index (κ2) is 5.83. The van der Waals surface area contributed by atoms with E-state index < -0.39 is 0 Å². The van der Waals surface area contributed by atoms with Crippen molar-refractivity contribution in [2.24, 2.45) is 0 Å². The highest BCUT2D eigenvalue weighted by atomic mass is 16.0. The van der Waals surface area contributed by atoms with E-state index >= 15 is 0 Å². The topological polar surface area (TPSA) is 31.5 Å². The molecule has 86 valence electrons. The molecule has 17 heavy (non-hydrogen) atoms. The van der Waals surface area contributed by atoms with Crippen LogP contribution in [0, 0.1) is 0 Å². The van der Waals surface area contributed by atoms with E-state index in [0.29, 0.717) is 0 Å². The first-order valence-corrected chi connectivity index (χ1v) is 5.29. The molecule has 0 aliphatic rings. The van der Waals surface area contributed by atoms with Gasteiger partial charge in [0.1, 0.15) is 0 Å². The van der Waals surface area contributed by atoms with Crippen LogP contribution in [0.15, 0.2) is 61.7 Å². The molecule has 0 amide bonds. The number of hydrogen-bond donors (Lipinski definition) is 0. The number of benzene rings is 2. The largest absolute Gasteiger partial charge is 0.412 e. The fraction of sp³-hybridized carbons (Fsp3) is 0. The molecule has 1 heteroatoms. The first kappa shape index (κ1) is 12.9. The van der Waals surface area contributed by atoms with Crippen LogP contribution in [0.4, 0.5) is 0 Å². The predicted octanol–water partition coefficient (Wildman–Crippen LogP) is 3.81. The van der Waals surface area contributed by atoms with Crippen molar-refractivity contribution in [1.82, 2.24) is 0 Å². The molecular weight excluding hydrogens is 208 g/mol. The molecule has 1 nitrogen and oxygen atoms in total. The van der Waals surface area contributed by atoms with Crippen LogP contribution in [0.1, 0.15) is 11.1 Å². The van der Waals surface area contributed by atoms with Crippen molar-refractivity contribution in [3.05, 3.63) is 72.8 Å². The molecule has 0 spiro atoms. The molecule has 2 rings (SSSR count). The van der Waals surface area contributed by atoms with E-state index in [1.165, 1.54) is 11.1 Å². The molecule has 0 unspecified atom stereocenters. The van der Waals surface area contributed by atoms with Gasteiger partial charge in [0.2, 0.25) is 0 Å². The van der Waals surface area contributed by atoms with Crippen molar-refractivity contribution in [3.8, 4) is 11.1 Å². The van der Waals surface area contributed by atoms with Crippen LogP contribution < -0.4 is 0 Å². The zero-order valence-electron chi connectivity index (χ0n) is 9.69. The second-order valence-electron chi connectivity index (χ2n) is 3.65. The van der Waals surface area contributed by atoms with Crippen LogP contribution in [0.25, 0.3) is 23.3 Å². The SMILES string of the molecule is C=Cc1ccc(-c2ccc(C=C)cc2)cc1.O. The van der Waals surface area contributed by atoms with E-state index in [4.69, 9.17) is 0 Å². The van der Waals surface area contributed by atoms with Gasteiger partial charge >= 0.3 is 0 Å². The summed E-state index contributed by atoms with van der Waals surface area (Å²) in [6, 6.07) is 16.7. The lowest BCUT2D eigenvalue weighted by Gasteiger charge is -2.02. The Morgan fingerprint density at radius 1 is 0.588 bits per heavy atom. The highest BCUT2D eigenvalue weighted by Gasteiger charge is 1.96. The molecule has 0 atom stereocenters. The van der Waals surface area contributed by atoms with Gasteiger partial charge in [0.25, 0.3) is 0 Å². The molecule has 0 heterocycles. The Kier molecular flexibility index (Phi) is 4.44. The Hall–Kier alpha value is -2.12. The molecule has 0 aliphatic carbocycles. The summed E-state index contributed by atoms with van der Waals surface area (Å²) in [7, 11) is 0. The van der Waals surface area contributed by atoms with Crippen molar-refractivity contribution in [2.75, 3.05) is 0 Å². The summed E-state index contributed by atoms with van der Waals surface area (Å²) in [5.41, 5.74) is 4.74. The minimum Gasteiger partial charge on any atom is -0.412 e. The zero-order chi connectivity index (χ0) is 11.4. The molecule has 0 saturated heterocycles. The fourth-order valence-corrected chi connectivity index (χ4v) is 1.62. The molecule has 0 fully saturated rings. The molecule has 2 aromatic rings. The maximum Gasteiger partial charge on any atom is -0.0184 e. The molecule has 0 aliphatic heterocycles. The third kappa shape index (κ3) is 2.92. The fourth-order valence-electron chi connectivity index (χ4n) is 1.62. The predicted molar refractivity (Wildman–Crippen MR) is 75.7 cm³/mol. The summed E-state index contributed by atoms with van der Waals surface area (Å²) >= 11 is 0. The molecule has 0 aromatic heterocycles. The first-order chi connectivity index (χ1) is 7.83. The van der Waals surface area contributed by atoms with E-state index in [0.717, 1.165) is 11.1 Å². The van der Waals surface area contributed by atoms with E-state index in [1.807, 2.05) is 12.2 Å². The van der Waals surface area contributed by atoms with Gasteiger partial charge in [-0.1, -0.05) is 73.8 Å². The van der Waals surface area contributed by atoms with Gasteiger partial charge in [-0.15, -0.1) is 0 Å². The minimum atomic E-state index is 0. The van der Waals surface area contributed by atoms with Gasteiger partial charge in [-0.25, -0.2) is 0 Å². The lowest BCUT2D eigenvalue weighted by molar-refractivity contribution is 0.824. The highest BCUT2D eigenvalue weighted by molar-refractivity contribution is 5.67. The summed E-state index contributed by atoms with van der Waals surface area (Å²) < 4.78 is 0. The van der Waals surface area contributed by atoms with Crippen molar-refractivity contribution in [2.45, 2.75) is 0 Å². The number of rotatable bonds is 3. The van der Waals surface area contributed by atoms with E-state index in [-0.39, 0.29) is 5.48 Å². The van der Waals surface area contributed by atoms with Crippen molar-refractivity contribution in [1.29, 1.82) is 0 Å². The monoisotopic (exact) mass is 224 g/mol. The lowest BCUT2D eigenvalue weighted by atomic mass is 10.0. The Bertz CT molecular complexity index is 443. The maximum atomic E-state index is 3.74. The Balaban J connectivity index is 0.00000144. The summed E-state index contributed by atoms with van der Waals surface area (Å²) in [5.74, 6) is 0. The summed E-state index contributed by atoms with van der Waals surface area (Å²) in [6.45, 7) is 7.49. The van der Waals surface area contributed by atoms with Crippen molar-refractivity contribution in [3.63, 3.8) is 0 Å².